The lowest BCUT2D eigenvalue weighted by Gasteiger charge is -2.50. The van der Waals surface area contributed by atoms with Crippen LogP contribution in [0.5, 0.6) is 0 Å². The molecule has 7 heteroatoms. The molecule has 0 aromatic carbocycles. The van der Waals surface area contributed by atoms with Crippen molar-refractivity contribution in [2.45, 2.75) is 207 Å². The van der Waals surface area contributed by atoms with Crippen LogP contribution in [0.25, 0.3) is 0 Å². The molecule has 2 saturated heterocycles. The molecule has 44 heavy (non-hydrogen) atoms. The second kappa shape index (κ2) is 15.9. The smallest absolute Gasteiger partial charge is 0.230 e. The van der Waals surface area contributed by atoms with E-state index in [2.05, 4.69) is 96.6 Å². The van der Waals surface area contributed by atoms with Crippen molar-refractivity contribution in [3.63, 3.8) is 0 Å². The molecule has 254 valence electrons. The van der Waals surface area contributed by atoms with Crippen molar-refractivity contribution in [3.05, 3.63) is 5.82 Å². The van der Waals surface area contributed by atoms with E-state index >= 15 is 0 Å². The Hall–Kier alpha value is -1.47. The number of piperidine rings is 2. The first-order valence-electron chi connectivity index (χ1n) is 18.5. The van der Waals surface area contributed by atoms with Gasteiger partial charge in [-0.1, -0.05) is 65.7 Å². The van der Waals surface area contributed by atoms with Crippen LogP contribution < -0.4 is 20.4 Å². The molecule has 0 amide bonds. The average Bonchev–Trinajstić information content (AvgIpc) is 2.87. The van der Waals surface area contributed by atoms with E-state index in [1.165, 1.54) is 44.9 Å². The fourth-order valence-corrected chi connectivity index (χ4v) is 8.35. The first kappa shape index (κ1) is 37.0. The Balaban J connectivity index is 2.05. The minimum absolute atomic E-state index is 0.0630. The van der Waals surface area contributed by atoms with Crippen LogP contribution in [-0.4, -0.2) is 62.3 Å². The highest BCUT2D eigenvalue weighted by Gasteiger charge is 2.42. The fraction of sp³-hybridized carbons (Fsp3) is 0.919. The summed E-state index contributed by atoms with van der Waals surface area (Å²) in [5.41, 5.74) is 0.252. The fourth-order valence-electron chi connectivity index (χ4n) is 8.35. The van der Waals surface area contributed by atoms with Gasteiger partial charge in [0.05, 0.1) is 0 Å². The topological polar surface area (TPSA) is 69.2 Å². The van der Waals surface area contributed by atoms with Crippen LogP contribution in [0.2, 0.25) is 0 Å². The first-order valence-corrected chi connectivity index (χ1v) is 18.5. The standard InChI is InChI=1S/C37H71N7/c1-12-15-18-19-20-21-22-31-38-32(43(23-16-13-2)29-25-34(4,5)41-35(6,7)26-29)40-33(39-31)44(24-17-14-3)30-27-36(8,9)42-37(10,11)28-30/h29-30,41-42H,12-28H2,1-11H3. The number of unbranched alkanes of at least 4 members (excludes halogenated alkanes) is 7. The molecule has 0 spiro atoms. The van der Waals surface area contributed by atoms with Crippen LogP contribution in [0, 0.1) is 0 Å². The number of aryl methyl sites for hydroxylation is 1. The van der Waals surface area contributed by atoms with Crippen LogP contribution in [0.4, 0.5) is 11.9 Å². The number of hydrogen-bond acceptors (Lipinski definition) is 7. The van der Waals surface area contributed by atoms with Crippen molar-refractivity contribution < 1.29 is 0 Å². The number of nitrogens with one attached hydrogen (secondary N) is 2. The summed E-state index contributed by atoms with van der Waals surface area (Å²) in [5.74, 6) is 2.82. The van der Waals surface area contributed by atoms with Crippen molar-refractivity contribution in [1.82, 2.24) is 25.6 Å². The Morgan fingerprint density at radius 2 is 0.886 bits per heavy atom. The highest BCUT2D eigenvalue weighted by molar-refractivity contribution is 5.42. The van der Waals surface area contributed by atoms with Gasteiger partial charge in [-0.25, -0.2) is 0 Å². The van der Waals surface area contributed by atoms with Crippen LogP contribution in [0.15, 0.2) is 0 Å². The summed E-state index contributed by atoms with van der Waals surface area (Å²) >= 11 is 0. The van der Waals surface area contributed by atoms with Crippen molar-refractivity contribution in [1.29, 1.82) is 0 Å². The maximum absolute atomic E-state index is 5.44. The maximum atomic E-state index is 5.44. The van der Waals surface area contributed by atoms with Crippen LogP contribution in [-0.2, 0) is 6.42 Å². The molecular formula is C37H71N7. The Labute approximate surface area is 272 Å². The van der Waals surface area contributed by atoms with Gasteiger partial charge in [-0.15, -0.1) is 0 Å². The van der Waals surface area contributed by atoms with Gasteiger partial charge in [0.2, 0.25) is 11.9 Å². The molecule has 0 aliphatic carbocycles. The molecule has 1 aromatic heterocycles. The van der Waals surface area contributed by atoms with E-state index in [-0.39, 0.29) is 22.2 Å². The number of hydrogen-bond donors (Lipinski definition) is 2. The monoisotopic (exact) mass is 614 g/mol. The van der Waals surface area contributed by atoms with Crippen molar-refractivity contribution in [2.24, 2.45) is 0 Å². The van der Waals surface area contributed by atoms with Gasteiger partial charge in [-0.2, -0.15) is 15.0 Å². The zero-order valence-electron chi connectivity index (χ0n) is 30.9. The third-order valence-corrected chi connectivity index (χ3v) is 9.65. The predicted octanol–water partition coefficient (Wildman–Crippen LogP) is 8.61. The van der Waals surface area contributed by atoms with E-state index in [1.54, 1.807) is 0 Å². The molecular weight excluding hydrogens is 542 g/mol. The summed E-state index contributed by atoms with van der Waals surface area (Å²) in [7, 11) is 0. The molecule has 0 radical (unpaired) electrons. The van der Waals surface area contributed by atoms with E-state index in [0.29, 0.717) is 12.1 Å². The van der Waals surface area contributed by atoms with E-state index in [0.717, 1.165) is 82.2 Å². The van der Waals surface area contributed by atoms with E-state index in [9.17, 15) is 0 Å². The minimum Gasteiger partial charge on any atom is -0.338 e. The Kier molecular flexibility index (Phi) is 13.4. The lowest BCUT2D eigenvalue weighted by atomic mass is 9.79. The van der Waals surface area contributed by atoms with E-state index < -0.39 is 0 Å². The van der Waals surface area contributed by atoms with Crippen molar-refractivity contribution >= 4 is 11.9 Å². The Morgan fingerprint density at radius 1 is 0.523 bits per heavy atom. The molecule has 7 nitrogen and oxygen atoms in total. The van der Waals surface area contributed by atoms with Gasteiger partial charge in [-0.05, 0) is 100 Å². The SMILES string of the molecule is CCCCCCCCc1nc(N(CCCC)C2CC(C)(C)NC(C)(C)C2)nc(N(CCCC)C2CC(C)(C)NC(C)(C)C2)n1. The van der Waals surface area contributed by atoms with Gasteiger partial charge in [-0.3, -0.25) is 0 Å². The molecule has 2 N–H and O–H groups in total. The summed E-state index contributed by atoms with van der Waals surface area (Å²) < 4.78 is 0. The zero-order valence-corrected chi connectivity index (χ0v) is 30.9. The second-order valence-corrected chi connectivity index (χ2v) is 16.9. The van der Waals surface area contributed by atoms with Crippen molar-refractivity contribution in [2.75, 3.05) is 22.9 Å². The lowest BCUT2D eigenvalue weighted by Crippen LogP contribution is -2.63. The Morgan fingerprint density at radius 3 is 1.27 bits per heavy atom. The van der Waals surface area contributed by atoms with Crippen LogP contribution >= 0.6 is 0 Å². The lowest BCUT2D eigenvalue weighted by molar-refractivity contribution is 0.157. The summed E-state index contributed by atoms with van der Waals surface area (Å²) in [6.45, 7) is 27.7. The molecule has 0 atom stereocenters. The molecule has 3 rings (SSSR count). The molecule has 2 fully saturated rings. The average molecular weight is 614 g/mol. The summed E-state index contributed by atoms with van der Waals surface area (Å²) in [4.78, 5) is 21.2. The number of aromatic nitrogens is 3. The normalized spacial score (nSPS) is 21.3. The second-order valence-electron chi connectivity index (χ2n) is 16.9. The maximum Gasteiger partial charge on any atom is 0.230 e. The largest absolute Gasteiger partial charge is 0.338 e. The number of rotatable bonds is 17. The van der Waals surface area contributed by atoms with Gasteiger partial charge in [0.25, 0.3) is 0 Å². The zero-order chi connectivity index (χ0) is 32.6. The quantitative estimate of drug-likeness (QED) is 0.171. The first-order chi connectivity index (χ1) is 20.6. The third kappa shape index (κ3) is 11.4. The van der Waals surface area contributed by atoms with E-state index in [4.69, 9.17) is 15.0 Å². The van der Waals surface area contributed by atoms with Crippen molar-refractivity contribution in [3.8, 4) is 0 Å². The predicted molar refractivity (Wildman–Crippen MR) is 190 cm³/mol. The highest BCUT2D eigenvalue weighted by atomic mass is 15.4. The molecule has 1 aromatic rings. The van der Waals surface area contributed by atoms with Crippen LogP contribution in [0.1, 0.15) is 172 Å². The van der Waals surface area contributed by atoms with Gasteiger partial charge in [0, 0.05) is 53.7 Å². The Bertz CT molecular complexity index is 901. The van der Waals surface area contributed by atoms with Gasteiger partial charge in [0.1, 0.15) is 5.82 Å². The minimum atomic E-state index is 0.0630. The molecule has 2 aliphatic rings. The summed E-state index contributed by atoms with van der Waals surface area (Å²) in [5, 5.41) is 7.80. The summed E-state index contributed by atoms with van der Waals surface area (Å²) in [6.07, 6.45) is 17.6. The van der Waals surface area contributed by atoms with Gasteiger partial charge in [0.15, 0.2) is 0 Å². The number of nitrogens with zero attached hydrogens (tertiary/aromatic N) is 5. The highest BCUT2D eigenvalue weighted by Crippen LogP contribution is 2.36. The third-order valence-electron chi connectivity index (χ3n) is 9.65. The molecule has 0 unspecified atom stereocenters. The van der Waals surface area contributed by atoms with Gasteiger partial charge < -0.3 is 20.4 Å². The van der Waals surface area contributed by atoms with Gasteiger partial charge >= 0.3 is 0 Å². The summed E-state index contributed by atoms with van der Waals surface area (Å²) in [6, 6.07) is 0.788. The molecule has 2 aliphatic heterocycles. The number of anilines is 2. The van der Waals surface area contributed by atoms with Crippen LogP contribution in [0.3, 0.4) is 0 Å². The molecule has 0 saturated carbocycles. The molecule has 0 bridgehead atoms. The molecule has 3 heterocycles. The van der Waals surface area contributed by atoms with E-state index in [1.807, 2.05) is 0 Å².